The van der Waals surface area contributed by atoms with E-state index in [4.69, 9.17) is 0 Å². The molecule has 0 atom stereocenters. The number of halogens is 3. The van der Waals surface area contributed by atoms with E-state index in [9.17, 15) is 13.2 Å². The number of rotatable bonds is 1. The van der Waals surface area contributed by atoms with Gasteiger partial charge in [0.25, 0.3) is 0 Å². The van der Waals surface area contributed by atoms with Crippen LogP contribution in [0.2, 0.25) is 0 Å². The minimum Gasteiger partial charge on any atom is -0.160 e. The molecule has 0 aliphatic carbocycles. The van der Waals surface area contributed by atoms with E-state index in [1.165, 1.54) is 18.2 Å². The van der Waals surface area contributed by atoms with Crippen LogP contribution in [0.4, 0.5) is 13.2 Å². The largest absolute Gasteiger partial charge is 0.446 e. The molecule has 12 heavy (non-hydrogen) atoms. The molecule has 1 rings (SSSR count). The molecule has 1 radical (unpaired) electrons. The first-order valence-corrected chi connectivity index (χ1v) is 4.03. The predicted molar refractivity (Wildman–Crippen MR) is 41.9 cm³/mol. The van der Waals surface area contributed by atoms with Crippen molar-refractivity contribution >= 4 is 11.8 Å². The van der Waals surface area contributed by atoms with Gasteiger partial charge in [-0.25, -0.2) is 0 Å². The molecule has 0 spiro atoms. The normalized spacial score (nSPS) is 11.7. The molecule has 4 heteroatoms. The molecular formula is C8H6F3S. The summed E-state index contributed by atoms with van der Waals surface area (Å²) in [4.78, 5) is 0.207. The second-order valence-corrected chi connectivity index (χ2v) is 3.39. The topological polar surface area (TPSA) is 0 Å². The number of hydrogen-bond donors (Lipinski definition) is 0. The Hall–Kier alpha value is -0.640. The first-order valence-electron chi connectivity index (χ1n) is 3.21. The van der Waals surface area contributed by atoms with Crippen LogP contribution < -0.4 is 0 Å². The molecule has 1 aromatic carbocycles. The molecule has 1 aromatic rings. The summed E-state index contributed by atoms with van der Waals surface area (Å²) in [6, 6.07) is 7.12. The fourth-order valence-electron chi connectivity index (χ4n) is 0.756. The van der Waals surface area contributed by atoms with Crippen molar-refractivity contribution in [2.24, 2.45) is 0 Å². The molecule has 0 heterocycles. The molecule has 0 bridgehead atoms. The van der Waals surface area contributed by atoms with Gasteiger partial charge in [0.2, 0.25) is 0 Å². The Morgan fingerprint density at radius 2 is 2.08 bits per heavy atom. The zero-order chi connectivity index (χ0) is 9.19. The lowest BCUT2D eigenvalue weighted by atomic mass is 10.2. The summed E-state index contributed by atoms with van der Waals surface area (Å²) in [5.74, 6) is 0. The number of thioether (sulfide) groups is 1. The predicted octanol–water partition coefficient (Wildman–Crippen LogP) is 3.41. The van der Waals surface area contributed by atoms with E-state index in [0.29, 0.717) is 5.56 Å². The molecule has 0 aliphatic heterocycles. The van der Waals surface area contributed by atoms with E-state index < -0.39 is 5.51 Å². The lowest BCUT2D eigenvalue weighted by Gasteiger charge is -2.04. The molecule has 0 unspecified atom stereocenters. The number of aryl methyl sites for hydroxylation is 1. The van der Waals surface area contributed by atoms with E-state index in [2.05, 4.69) is 6.07 Å². The number of alkyl halides is 3. The van der Waals surface area contributed by atoms with Crippen molar-refractivity contribution in [3.63, 3.8) is 0 Å². The highest BCUT2D eigenvalue weighted by atomic mass is 32.2. The van der Waals surface area contributed by atoms with Gasteiger partial charge in [0.05, 0.1) is 0 Å². The molecule has 0 aromatic heterocycles. The zero-order valence-corrected chi connectivity index (χ0v) is 7.09. The quantitative estimate of drug-likeness (QED) is 0.613. The third-order valence-electron chi connectivity index (χ3n) is 1.15. The lowest BCUT2D eigenvalue weighted by molar-refractivity contribution is -0.0328. The van der Waals surface area contributed by atoms with Crippen molar-refractivity contribution in [1.29, 1.82) is 0 Å². The first kappa shape index (κ1) is 9.45. The number of hydrogen-bond acceptors (Lipinski definition) is 1. The minimum absolute atomic E-state index is 0.105. The highest BCUT2D eigenvalue weighted by molar-refractivity contribution is 8.00. The van der Waals surface area contributed by atoms with Crippen molar-refractivity contribution in [3.05, 3.63) is 29.8 Å². The van der Waals surface area contributed by atoms with Crippen LogP contribution in [-0.2, 0) is 0 Å². The molecule has 0 nitrogen and oxygen atoms in total. The van der Waals surface area contributed by atoms with Crippen molar-refractivity contribution in [2.75, 3.05) is 0 Å². The number of benzene rings is 1. The fraction of sp³-hybridized carbons (Fsp3) is 0.250. The standard InChI is InChI=1S/C8H6F3S/c1-6-3-2-4-7(5-6)12-8(9,10)11/h2,4-5H,1H3. The highest BCUT2D eigenvalue weighted by Crippen LogP contribution is 2.36. The van der Waals surface area contributed by atoms with Gasteiger partial charge in [-0.2, -0.15) is 13.2 Å². The summed E-state index contributed by atoms with van der Waals surface area (Å²) in [5, 5.41) is 0. The molecular weight excluding hydrogens is 185 g/mol. The maximum absolute atomic E-state index is 11.8. The first-order chi connectivity index (χ1) is 5.47. The SMILES string of the molecule is Cc1[c]ccc(SC(F)(F)F)c1. The van der Waals surface area contributed by atoms with Gasteiger partial charge in [-0.15, -0.1) is 0 Å². The van der Waals surface area contributed by atoms with Gasteiger partial charge in [-0.05, 0) is 42.4 Å². The zero-order valence-electron chi connectivity index (χ0n) is 6.27. The van der Waals surface area contributed by atoms with Crippen LogP contribution in [0.1, 0.15) is 5.56 Å². The average Bonchev–Trinajstić information content (AvgIpc) is 1.82. The van der Waals surface area contributed by atoms with E-state index in [1.54, 1.807) is 6.92 Å². The van der Waals surface area contributed by atoms with Crippen LogP contribution in [0.5, 0.6) is 0 Å². The molecule has 65 valence electrons. The second-order valence-electron chi connectivity index (χ2n) is 2.26. The fourth-order valence-corrected chi connectivity index (χ4v) is 1.39. The van der Waals surface area contributed by atoms with Crippen LogP contribution >= 0.6 is 11.8 Å². The van der Waals surface area contributed by atoms with Crippen LogP contribution in [0.25, 0.3) is 0 Å². The van der Waals surface area contributed by atoms with Gasteiger partial charge < -0.3 is 0 Å². The lowest BCUT2D eigenvalue weighted by Crippen LogP contribution is -1.98. The van der Waals surface area contributed by atoms with Crippen LogP contribution in [0, 0.1) is 13.0 Å². The van der Waals surface area contributed by atoms with Gasteiger partial charge in [0.15, 0.2) is 0 Å². The van der Waals surface area contributed by atoms with Crippen molar-refractivity contribution < 1.29 is 13.2 Å². The monoisotopic (exact) mass is 191 g/mol. The average molecular weight is 191 g/mol. The Balaban J connectivity index is 2.77. The van der Waals surface area contributed by atoms with Crippen molar-refractivity contribution in [1.82, 2.24) is 0 Å². The van der Waals surface area contributed by atoms with Gasteiger partial charge in [-0.3, -0.25) is 0 Å². The summed E-state index contributed by atoms with van der Waals surface area (Å²) in [6.45, 7) is 1.71. The van der Waals surface area contributed by atoms with E-state index in [0.717, 1.165) is 0 Å². The Morgan fingerprint density at radius 3 is 2.58 bits per heavy atom. The third kappa shape index (κ3) is 3.17. The minimum atomic E-state index is -4.20. The molecule has 0 N–H and O–H groups in total. The summed E-state index contributed by atoms with van der Waals surface area (Å²) in [7, 11) is 0. The molecule has 0 saturated heterocycles. The summed E-state index contributed by atoms with van der Waals surface area (Å²) in [6.07, 6.45) is 0. The summed E-state index contributed by atoms with van der Waals surface area (Å²) >= 11 is -0.105. The summed E-state index contributed by atoms with van der Waals surface area (Å²) < 4.78 is 35.5. The van der Waals surface area contributed by atoms with Gasteiger partial charge in [-0.1, -0.05) is 6.07 Å². The van der Waals surface area contributed by atoms with E-state index in [-0.39, 0.29) is 16.7 Å². The van der Waals surface area contributed by atoms with Crippen LogP contribution in [0.15, 0.2) is 23.1 Å². The van der Waals surface area contributed by atoms with Crippen LogP contribution in [0.3, 0.4) is 0 Å². The third-order valence-corrected chi connectivity index (χ3v) is 1.87. The molecule has 0 aliphatic rings. The molecule has 0 amide bonds. The molecule has 0 saturated carbocycles. The highest BCUT2D eigenvalue weighted by Gasteiger charge is 2.28. The smallest absolute Gasteiger partial charge is 0.160 e. The van der Waals surface area contributed by atoms with E-state index in [1.807, 2.05) is 0 Å². The maximum atomic E-state index is 11.8. The molecule has 0 fully saturated rings. The Bertz CT molecular complexity index is 267. The Labute approximate surface area is 72.8 Å². The maximum Gasteiger partial charge on any atom is 0.446 e. The summed E-state index contributed by atoms with van der Waals surface area (Å²) in [5.41, 5.74) is -3.49. The van der Waals surface area contributed by atoms with E-state index >= 15 is 0 Å². The van der Waals surface area contributed by atoms with Crippen molar-refractivity contribution in [3.8, 4) is 0 Å². The van der Waals surface area contributed by atoms with Gasteiger partial charge in [0, 0.05) is 4.90 Å². The van der Waals surface area contributed by atoms with Gasteiger partial charge in [0.1, 0.15) is 0 Å². The Morgan fingerprint density at radius 1 is 1.42 bits per heavy atom. The van der Waals surface area contributed by atoms with Crippen molar-refractivity contribution in [2.45, 2.75) is 17.3 Å². The van der Waals surface area contributed by atoms with Gasteiger partial charge >= 0.3 is 5.51 Å². The second kappa shape index (κ2) is 3.39. The van der Waals surface area contributed by atoms with Crippen LogP contribution in [-0.4, -0.2) is 5.51 Å². The Kier molecular flexibility index (Phi) is 2.67.